The Labute approximate surface area is 325 Å². The zero-order chi connectivity index (χ0) is 41.0. The summed E-state index contributed by atoms with van der Waals surface area (Å²) in [5.74, 6) is -1.59. The van der Waals surface area contributed by atoms with Crippen molar-refractivity contribution < 1.29 is 47.5 Å². The molecule has 4 N–H and O–H groups in total. The van der Waals surface area contributed by atoms with E-state index < -0.39 is 40.6 Å². The fraction of sp³-hybridized carbons (Fsp3) is 0.195. The largest absolute Gasteiger partial charge is 0.573 e. The van der Waals surface area contributed by atoms with Gasteiger partial charge in [-0.15, -0.1) is 13.2 Å². The number of aromatic nitrogens is 6. The first-order chi connectivity index (χ1) is 27.6. The monoisotopic (exact) mass is 792 g/mol. The number of rotatable bonds is 7. The van der Waals surface area contributed by atoms with Crippen LogP contribution in [0.15, 0.2) is 71.3 Å². The number of methoxy groups -OCH3 is 1. The van der Waals surface area contributed by atoms with Crippen LogP contribution in [0.3, 0.4) is 0 Å². The first-order valence-corrected chi connectivity index (χ1v) is 17.8. The molecule has 0 amide bonds. The molecule has 1 aliphatic heterocycles. The van der Waals surface area contributed by atoms with Gasteiger partial charge < -0.3 is 34.5 Å². The van der Waals surface area contributed by atoms with E-state index in [0.29, 0.717) is 23.6 Å². The van der Waals surface area contributed by atoms with E-state index in [-0.39, 0.29) is 68.5 Å². The minimum absolute atomic E-state index is 0.0122. The highest BCUT2D eigenvalue weighted by atomic mass is 19.4. The second-order valence-electron chi connectivity index (χ2n) is 14.2. The number of alkyl halides is 3. The molecule has 5 heterocycles. The highest BCUT2D eigenvalue weighted by Gasteiger charge is 2.55. The van der Waals surface area contributed by atoms with E-state index in [1.54, 1.807) is 27.0 Å². The molecule has 0 bridgehead atoms. The number of aromatic amines is 1. The van der Waals surface area contributed by atoms with Gasteiger partial charge in [0.25, 0.3) is 0 Å². The van der Waals surface area contributed by atoms with Crippen molar-refractivity contribution in [2.75, 3.05) is 7.11 Å². The third-order valence-electron chi connectivity index (χ3n) is 10.8. The summed E-state index contributed by atoms with van der Waals surface area (Å²) in [5, 5.41) is 39.6. The Hall–Kier alpha value is -7.30. The quantitative estimate of drug-likeness (QED) is 0.132. The van der Waals surface area contributed by atoms with Crippen molar-refractivity contribution in [3.8, 4) is 51.6 Å². The van der Waals surface area contributed by atoms with Gasteiger partial charge >= 0.3 is 12.1 Å². The van der Waals surface area contributed by atoms with Crippen LogP contribution in [0, 0.1) is 13.8 Å². The van der Waals surface area contributed by atoms with E-state index in [4.69, 9.17) is 14.5 Å². The van der Waals surface area contributed by atoms with E-state index in [0.717, 1.165) is 28.6 Å². The number of H-pyrrole nitrogens is 1. The maximum absolute atomic E-state index is 14.6. The molecule has 0 saturated heterocycles. The second-order valence-corrected chi connectivity index (χ2v) is 14.2. The Balaban J connectivity index is 1.15. The van der Waals surface area contributed by atoms with Crippen LogP contribution in [0.2, 0.25) is 0 Å². The van der Waals surface area contributed by atoms with Gasteiger partial charge in [0.15, 0.2) is 5.78 Å². The van der Waals surface area contributed by atoms with Crippen LogP contribution < -0.4 is 19.9 Å². The first kappa shape index (κ1) is 36.3. The second kappa shape index (κ2) is 12.6. The molecular formula is C41H31F3N6O8. The number of Topliss-reactive ketones (excluding diaryl/α,β-unsaturated/α-hetero) is 1. The predicted octanol–water partition coefficient (Wildman–Crippen LogP) is 6.90. The van der Waals surface area contributed by atoms with Gasteiger partial charge in [0.2, 0.25) is 5.88 Å². The number of benzene rings is 3. The van der Waals surface area contributed by atoms with Crippen LogP contribution in [0.1, 0.15) is 45.4 Å². The number of halogens is 3. The van der Waals surface area contributed by atoms with Crippen molar-refractivity contribution in [2.45, 2.75) is 45.5 Å². The Morgan fingerprint density at radius 2 is 1.67 bits per heavy atom. The van der Waals surface area contributed by atoms with Crippen LogP contribution in [0.5, 0.6) is 34.6 Å². The van der Waals surface area contributed by atoms with Crippen molar-refractivity contribution in [2.24, 2.45) is 0 Å². The fourth-order valence-electron chi connectivity index (χ4n) is 7.88. The number of carbonyl (C=O) groups is 1. The Bertz CT molecular complexity index is 3000. The van der Waals surface area contributed by atoms with Gasteiger partial charge in [0.05, 0.1) is 52.0 Å². The lowest BCUT2D eigenvalue weighted by Crippen LogP contribution is -2.36. The number of nitrogens with zero attached hydrogens (tertiary/aromatic N) is 5. The Morgan fingerprint density at radius 1 is 0.931 bits per heavy atom. The number of hydrogen-bond donors (Lipinski definition) is 4. The van der Waals surface area contributed by atoms with Crippen molar-refractivity contribution in [3.05, 3.63) is 111 Å². The average molecular weight is 793 g/mol. The summed E-state index contributed by atoms with van der Waals surface area (Å²) in [6.07, 6.45) is -1.13. The molecule has 3 aromatic carbocycles. The lowest BCUT2D eigenvalue weighted by atomic mass is 9.71. The molecule has 14 nitrogen and oxygen atoms in total. The number of aromatic hydroxyl groups is 3. The lowest BCUT2D eigenvalue weighted by molar-refractivity contribution is -0.274. The number of fused-ring (bicyclic) bond motifs is 6. The summed E-state index contributed by atoms with van der Waals surface area (Å²) in [6, 6.07) is 13.5. The summed E-state index contributed by atoms with van der Waals surface area (Å²) in [5.41, 5.74) is 0.725. The lowest BCUT2D eigenvalue weighted by Gasteiger charge is -2.27. The zero-order valence-corrected chi connectivity index (χ0v) is 31.0. The van der Waals surface area contributed by atoms with Crippen molar-refractivity contribution >= 4 is 33.8 Å². The summed E-state index contributed by atoms with van der Waals surface area (Å²) < 4.78 is 57.0. The van der Waals surface area contributed by atoms with E-state index in [1.165, 1.54) is 40.4 Å². The summed E-state index contributed by atoms with van der Waals surface area (Å²) in [4.78, 5) is 39.8. The van der Waals surface area contributed by atoms with Gasteiger partial charge in [-0.3, -0.25) is 9.36 Å². The summed E-state index contributed by atoms with van der Waals surface area (Å²) in [7, 11) is 1.57. The van der Waals surface area contributed by atoms with Crippen LogP contribution in [0.25, 0.3) is 45.0 Å². The van der Waals surface area contributed by atoms with E-state index in [9.17, 15) is 38.1 Å². The molecular weight excluding hydrogens is 761 g/mol. The van der Waals surface area contributed by atoms with Gasteiger partial charge in [0, 0.05) is 35.3 Å². The number of hydrogen-bond acceptors (Lipinski definition) is 11. The minimum atomic E-state index is -4.88. The van der Waals surface area contributed by atoms with Crippen molar-refractivity contribution in [3.63, 3.8) is 0 Å². The average Bonchev–Trinajstić information content (AvgIpc) is 3.84. The number of aryl methyl sites for hydroxylation is 3. The standard InChI is InChI=1S/C41H31F3N6O8/c1-18-33(51)31(27-12-10-24-37(46-27)49(39(55)47-38(24)54)14-13-20-17-45-26-11-9-23(56-4)15-25(20)26)35-32(34(18)52)40(3)29(57-35)16-28-30(36(40)53)19(2)48-50(28)21-5-7-22(8-6-21)58-41(42,43)44/h5-12,15-17,45,51-52H,13-14H2,1-4H3,(H,47,54,55)/t40-/m0/s1. The SMILES string of the molecule is COc1ccc2[nH]cc(CCn3c(=O)nc(O)c4ccc(-c5c(O)c(C)c(O)c6c5OC5=Cc7c(c(C)nn7-c7ccc(OC(F)(F)F)cc7)C(=O)[C@@]56C)nc43)c2c1. The predicted molar refractivity (Wildman–Crippen MR) is 203 cm³/mol. The topological polar surface area (TPSA) is 187 Å². The number of ether oxygens (including phenoxy) is 3. The first-order valence-electron chi connectivity index (χ1n) is 17.8. The van der Waals surface area contributed by atoms with Gasteiger partial charge in [0.1, 0.15) is 45.6 Å². The number of phenols is 2. The molecule has 7 aromatic rings. The number of ketones is 1. The molecule has 0 radical (unpaired) electrons. The summed E-state index contributed by atoms with van der Waals surface area (Å²) >= 11 is 0. The number of phenolic OH excluding ortho intramolecular Hbond substituents is 2. The van der Waals surface area contributed by atoms with Crippen LogP contribution in [-0.4, -0.2) is 63.9 Å². The van der Waals surface area contributed by atoms with Gasteiger partial charge in [-0.05, 0) is 87.4 Å². The number of allylic oxidation sites excluding steroid dienone is 1. The number of pyridine rings is 1. The van der Waals surface area contributed by atoms with Crippen molar-refractivity contribution in [1.29, 1.82) is 0 Å². The van der Waals surface area contributed by atoms with E-state index >= 15 is 0 Å². The zero-order valence-electron chi connectivity index (χ0n) is 31.0. The molecule has 4 aromatic heterocycles. The fourth-order valence-corrected chi connectivity index (χ4v) is 7.88. The number of carbonyl (C=O) groups excluding carboxylic acids is 1. The van der Waals surface area contributed by atoms with Crippen LogP contribution >= 0.6 is 0 Å². The maximum atomic E-state index is 14.6. The maximum Gasteiger partial charge on any atom is 0.573 e. The molecule has 58 heavy (non-hydrogen) atoms. The molecule has 2 aliphatic rings. The molecule has 0 fully saturated rings. The third kappa shape index (κ3) is 5.37. The molecule has 1 atom stereocenters. The minimum Gasteiger partial charge on any atom is -0.507 e. The third-order valence-corrected chi connectivity index (χ3v) is 10.8. The molecule has 0 unspecified atom stereocenters. The number of nitrogens with one attached hydrogen (secondary N) is 1. The van der Waals surface area contributed by atoms with Gasteiger partial charge in [-0.1, -0.05) is 0 Å². The molecule has 1 aliphatic carbocycles. The van der Waals surface area contributed by atoms with Crippen LogP contribution in [0.4, 0.5) is 13.2 Å². The highest BCUT2D eigenvalue weighted by Crippen LogP contribution is 2.60. The van der Waals surface area contributed by atoms with E-state index in [1.807, 2.05) is 24.4 Å². The Kier molecular flexibility index (Phi) is 7.90. The smallest absolute Gasteiger partial charge is 0.507 e. The summed E-state index contributed by atoms with van der Waals surface area (Å²) in [6.45, 7) is 4.76. The Morgan fingerprint density at radius 3 is 2.40 bits per heavy atom. The van der Waals surface area contributed by atoms with Crippen LogP contribution in [-0.2, 0) is 18.4 Å². The van der Waals surface area contributed by atoms with Crippen molar-refractivity contribution in [1.82, 2.24) is 29.3 Å². The normalized spacial score (nSPS) is 15.9. The highest BCUT2D eigenvalue weighted by molar-refractivity contribution is 6.14. The molecule has 0 spiro atoms. The molecule has 17 heteroatoms. The molecule has 9 rings (SSSR count). The molecule has 0 saturated carbocycles. The van der Waals surface area contributed by atoms with Gasteiger partial charge in [-0.25, -0.2) is 14.5 Å². The molecule has 294 valence electrons. The van der Waals surface area contributed by atoms with E-state index in [2.05, 4.69) is 19.8 Å². The van der Waals surface area contributed by atoms with Gasteiger partial charge in [-0.2, -0.15) is 10.1 Å².